The van der Waals surface area contributed by atoms with Crippen LogP contribution in [0.3, 0.4) is 0 Å². The van der Waals surface area contributed by atoms with Crippen LogP contribution in [0.5, 0.6) is 0 Å². The minimum Gasteiger partial charge on any atom is -0.384 e. The van der Waals surface area contributed by atoms with Crippen LogP contribution >= 0.6 is 0 Å². The average Bonchev–Trinajstić information content (AvgIpc) is 2.86. The minimum atomic E-state index is 0.728. The zero-order valence-corrected chi connectivity index (χ0v) is 12.2. The standard InChI is InChI=1S/C16H26N2O/c1-13(2)7-10-19-11-9-17-12-15-5-3-4-14-6-8-18-16(14)15/h3-5,13,17-18H,6-12H2,1-2H3. The van der Waals surface area contributed by atoms with Crippen LogP contribution in [0.25, 0.3) is 0 Å². The van der Waals surface area contributed by atoms with Crippen molar-refractivity contribution in [2.75, 3.05) is 31.6 Å². The molecule has 1 aliphatic heterocycles. The van der Waals surface area contributed by atoms with Crippen molar-refractivity contribution in [1.82, 2.24) is 5.32 Å². The lowest BCUT2D eigenvalue weighted by Crippen LogP contribution is -2.20. The fraction of sp³-hybridized carbons (Fsp3) is 0.625. The number of fused-ring (bicyclic) bond motifs is 1. The maximum Gasteiger partial charge on any atom is 0.0591 e. The molecule has 0 saturated carbocycles. The predicted octanol–water partition coefficient (Wildman–Crippen LogP) is 2.81. The molecule has 0 unspecified atom stereocenters. The van der Waals surface area contributed by atoms with E-state index in [0.717, 1.165) is 51.6 Å². The Labute approximate surface area is 116 Å². The Morgan fingerprint density at radius 1 is 1.32 bits per heavy atom. The van der Waals surface area contributed by atoms with Gasteiger partial charge in [-0.2, -0.15) is 0 Å². The van der Waals surface area contributed by atoms with Crippen LogP contribution in [-0.4, -0.2) is 26.3 Å². The molecule has 0 spiro atoms. The molecule has 0 amide bonds. The zero-order chi connectivity index (χ0) is 13.5. The second-order valence-corrected chi connectivity index (χ2v) is 5.60. The highest BCUT2D eigenvalue weighted by atomic mass is 16.5. The van der Waals surface area contributed by atoms with Gasteiger partial charge in [0.05, 0.1) is 6.61 Å². The first-order valence-electron chi connectivity index (χ1n) is 7.40. The molecule has 3 heteroatoms. The molecular formula is C16H26N2O. The summed E-state index contributed by atoms with van der Waals surface area (Å²) in [5.74, 6) is 0.728. The topological polar surface area (TPSA) is 33.3 Å². The van der Waals surface area contributed by atoms with Crippen molar-refractivity contribution in [1.29, 1.82) is 0 Å². The second kappa shape index (κ2) is 7.51. The van der Waals surface area contributed by atoms with Crippen LogP contribution in [0.1, 0.15) is 31.4 Å². The summed E-state index contributed by atoms with van der Waals surface area (Å²) in [6, 6.07) is 6.57. The van der Waals surface area contributed by atoms with Gasteiger partial charge in [-0.05, 0) is 29.9 Å². The first kappa shape index (κ1) is 14.4. The third-order valence-electron chi connectivity index (χ3n) is 3.51. The van der Waals surface area contributed by atoms with E-state index < -0.39 is 0 Å². The molecule has 19 heavy (non-hydrogen) atoms. The maximum atomic E-state index is 5.60. The molecule has 0 saturated heterocycles. The number of nitrogens with one attached hydrogen (secondary N) is 2. The first-order valence-corrected chi connectivity index (χ1v) is 7.40. The Balaban J connectivity index is 1.63. The molecule has 106 valence electrons. The Bertz CT molecular complexity index is 390. The van der Waals surface area contributed by atoms with Crippen molar-refractivity contribution in [2.24, 2.45) is 5.92 Å². The summed E-state index contributed by atoms with van der Waals surface area (Å²) in [5, 5.41) is 6.93. The van der Waals surface area contributed by atoms with Gasteiger partial charge in [-0.3, -0.25) is 0 Å². The van der Waals surface area contributed by atoms with Crippen LogP contribution < -0.4 is 10.6 Å². The van der Waals surface area contributed by atoms with E-state index in [2.05, 4.69) is 42.7 Å². The van der Waals surface area contributed by atoms with Gasteiger partial charge < -0.3 is 15.4 Å². The smallest absolute Gasteiger partial charge is 0.0591 e. The Kier molecular flexibility index (Phi) is 5.67. The molecule has 0 bridgehead atoms. The predicted molar refractivity (Wildman–Crippen MR) is 80.6 cm³/mol. The van der Waals surface area contributed by atoms with E-state index in [4.69, 9.17) is 4.74 Å². The highest BCUT2D eigenvalue weighted by Crippen LogP contribution is 2.25. The summed E-state index contributed by atoms with van der Waals surface area (Å²) >= 11 is 0. The molecule has 2 rings (SSSR count). The van der Waals surface area contributed by atoms with E-state index in [1.807, 2.05) is 0 Å². The van der Waals surface area contributed by atoms with Gasteiger partial charge in [0.1, 0.15) is 0 Å². The summed E-state index contributed by atoms with van der Waals surface area (Å²) in [4.78, 5) is 0. The van der Waals surface area contributed by atoms with Gasteiger partial charge in [-0.1, -0.05) is 32.0 Å². The molecule has 1 aliphatic rings. The van der Waals surface area contributed by atoms with E-state index >= 15 is 0 Å². The van der Waals surface area contributed by atoms with Crippen LogP contribution in [0.4, 0.5) is 5.69 Å². The van der Waals surface area contributed by atoms with Crippen LogP contribution in [0.2, 0.25) is 0 Å². The fourth-order valence-electron chi connectivity index (χ4n) is 2.35. The molecule has 0 aliphatic carbocycles. The lowest BCUT2D eigenvalue weighted by molar-refractivity contribution is 0.125. The summed E-state index contributed by atoms with van der Waals surface area (Å²) < 4.78 is 5.60. The van der Waals surface area contributed by atoms with Gasteiger partial charge in [0, 0.05) is 31.9 Å². The van der Waals surface area contributed by atoms with Crippen LogP contribution in [-0.2, 0) is 17.7 Å². The van der Waals surface area contributed by atoms with Crippen LogP contribution in [0, 0.1) is 5.92 Å². The van der Waals surface area contributed by atoms with Crippen LogP contribution in [0.15, 0.2) is 18.2 Å². The summed E-state index contributed by atoms with van der Waals surface area (Å²) in [6.45, 7) is 9.04. The molecular weight excluding hydrogens is 236 g/mol. The minimum absolute atomic E-state index is 0.728. The fourth-order valence-corrected chi connectivity index (χ4v) is 2.35. The molecule has 2 N–H and O–H groups in total. The number of para-hydroxylation sites is 1. The Morgan fingerprint density at radius 2 is 2.21 bits per heavy atom. The van der Waals surface area contributed by atoms with Gasteiger partial charge in [0.2, 0.25) is 0 Å². The molecule has 0 atom stereocenters. The van der Waals surface area contributed by atoms with Gasteiger partial charge >= 0.3 is 0 Å². The van der Waals surface area contributed by atoms with E-state index in [1.165, 1.54) is 16.8 Å². The van der Waals surface area contributed by atoms with Crippen molar-refractivity contribution in [3.05, 3.63) is 29.3 Å². The zero-order valence-electron chi connectivity index (χ0n) is 12.2. The van der Waals surface area contributed by atoms with Crippen molar-refractivity contribution in [2.45, 2.75) is 33.2 Å². The molecule has 1 aromatic rings. The van der Waals surface area contributed by atoms with Gasteiger partial charge in [0.15, 0.2) is 0 Å². The summed E-state index contributed by atoms with van der Waals surface area (Å²) in [7, 11) is 0. The SMILES string of the molecule is CC(C)CCOCCNCc1cccc2c1NCC2. The van der Waals surface area contributed by atoms with E-state index in [0.29, 0.717) is 0 Å². The number of benzene rings is 1. The summed E-state index contributed by atoms with van der Waals surface area (Å²) in [6.07, 6.45) is 2.30. The molecule has 0 fully saturated rings. The van der Waals surface area contributed by atoms with Gasteiger partial charge in [-0.25, -0.2) is 0 Å². The number of anilines is 1. The number of rotatable bonds is 8. The quantitative estimate of drug-likeness (QED) is 0.707. The highest BCUT2D eigenvalue weighted by molar-refractivity contribution is 5.61. The van der Waals surface area contributed by atoms with E-state index in [-0.39, 0.29) is 0 Å². The Morgan fingerprint density at radius 3 is 3.05 bits per heavy atom. The number of hydrogen-bond acceptors (Lipinski definition) is 3. The maximum absolute atomic E-state index is 5.60. The lowest BCUT2D eigenvalue weighted by atomic mass is 10.1. The monoisotopic (exact) mass is 262 g/mol. The van der Waals surface area contributed by atoms with Crippen molar-refractivity contribution < 1.29 is 4.74 Å². The van der Waals surface area contributed by atoms with Crippen molar-refractivity contribution >= 4 is 5.69 Å². The molecule has 0 radical (unpaired) electrons. The molecule has 0 aromatic heterocycles. The first-order chi connectivity index (χ1) is 9.27. The largest absolute Gasteiger partial charge is 0.384 e. The second-order valence-electron chi connectivity index (χ2n) is 5.60. The lowest BCUT2D eigenvalue weighted by Gasteiger charge is -2.10. The van der Waals surface area contributed by atoms with Crippen molar-refractivity contribution in [3.63, 3.8) is 0 Å². The van der Waals surface area contributed by atoms with E-state index in [1.54, 1.807) is 0 Å². The Hall–Kier alpha value is -1.06. The van der Waals surface area contributed by atoms with Gasteiger partial charge in [-0.15, -0.1) is 0 Å². The molecule has 3 nitrogen and oxygen atoms in total. The molecule has 1 heterocycles. The van der Waals surface area contributed by atoms with E-state index in [9.17, 15) is 0 Å². The highest BCUT2D eigenvalue weighted by Gasteiger charge is 2.12. The normalized spacial score (nSPS) is 13.6. The summed E-state index contributed by atoms with van der Waals surface area (Å²) in [5.41, 5.74) is 4.17. The van der Waals surface area contributed by atoms with Gasteiger partial charge in [0.25, 0.3) is 0 Å². The van der Waals surface area contributed by atoms with Crippen molar-refractivity contribution in [3.8, 4) is 0 Å². The number of ether oxygens (including phenoxy) is 1. The number of hydrogen-bond donors (Lipinski definition) is 2. The average molecular weight is 262 g/mol. The third-order valence-corrected chi connectivity index (χ3v) is 3.51. The third kappa shape index (κ3) is 4.51. The molecule has 1 aromatic carbocycles.